The molecule has 0 radical (unpaired) electrons. The third kappa shape index (κ3) is 3.74. The van der Waals surface area contributed by atoms with E-state index in [1.54, 1.807) is 0 Å². The molecule has 140 valence electrons. The molecule has 3 heterocycles. The number of hydrogen-bond acceptors (Lipinski definition) is 4. The summed E-state index contributed by atoms with van der Waals surface area (Å²) in [6.45, 7) is 8.72. The summed E-state index contributed by atoms with van der Waals surface area (Å²) in [4.78, 5) is 14.4. The zero-order valence-corrected chi connectivity index (χ0v) is 16.3. The van der Waals surface area contributed by atoms with Crippen LogP contribution >= 0.6 is 0 Å². The van der Waals surface area contributed by atoms with Gasteiger partial charge in [0.2, 0.25) is 0 Å². The Kier molecular flexibility index (Phi) is 4.94. The maximum absolute atomic E-state index is 4.93. The molecular formula is C22H27N5. The lowest BCUT2D eigenvalue weighted by Crippen LogP contribution is -2.44. The van der Waals surface area contributed by atoms with E-state index in [0.29, 0.717) is 5.92 Å². The zero-order chi connectivity index (χ0) is 18.8. The average molecular weight is 361 g/mol. The van der Waals surface area contributed by atoms with Gasteiger partial charge in [-0.15, -0.1) is 0 Å². The second-order valence-corrected chi connectivity index (χ2v) is 7.56. The molecular weight excluding hydrogens is 334 g/mol. The molecule has 3 aromatic rings. The summed E-state index contributed by atoms with van der Waals surface area (Å²) in [6.07, 6.45) is 6.30. The fourth-order valence-electron chi connectivity index (χ4n) is 3.49. The smallest absolute Gasteiger partial charge is 0.161 e. The van der Waals surface area contributed by atoms with Crippen molar-refractivity contribution in [2.24, 2.45) is 0 Å². The van der Waals surface area contributed by atoms with Crippen molar-refractivity contribution in [1.29, 1.82) is 0 Å². The van der Waals surface area contributed by atoms with Crippen LogP contribution in [0, 0.1) is 0 Å². The van der Waals surface area contributed by atoms with Crippen LogP contribution in [0.4, 0.5) is 5.69 Å². The van der Waals surface area contributed by atoms with Crippen molar-refractivity contribution >= 4 is 5.69 Å². The molecule has 1 saturated heterocycles. The first-order chi connectivity index (χ1) is 13.1. The number of anilines is 1. The Morgan fingerprint density at radius 1 is 0.963 bits per heavy atom. The van der Waals surface area contributed by atoms with Crippen LogP contribution in [0.5, 0.6) is 0 Å². The second kappa shape index (κ2) is 7.53. The number of rotatable bonds is 4. The molecule has 0 unspecified atom stereocenters. The summed E-state index contributed by atoms with van der Waals surface area (Å²) in [5, 5.41) is 0. The van der Waals surface area contributed by atoms with Gasteiger partial charge in [0, 0.05) is 55.9 Å². The van der Waals surface area contributed by atoms with Gasteiger partial charge in [-0.2, -0.15) is 0 Å². The molecule has 4 rings (SSSR count). The Bertz CT molecular complexity index is 892. The van der Waals surface area contributed by atoms with Crippen molar-refractivity contribution in [3.05, 3.63) is 60.6 Å². The Morgan fingerprint density at radius 2 is 1.70 bits per heavy atom. The molecule has 1 fully saturated rings. The monoisotopic (exact) mass is 361 g/mol. The molecule has 1 aromatic carbocycles. The minimum atomic E-state index is 0.360. The molecule has 0 saturated carbocycles. The van der Waals surface area contributed by atoms with Gasteiger partial charge >= 0.3 is 0 Å². The summed E-state index contributed by atoms with van der Waals surface area (Å²) >= 11 is 0. The van der Waals surface area contributed by atoms with E-state index in [9.17, 15) is 0 Å². The van der Waals surface area contributed by atoms with Crippen LogP contribution in [-0.2, 0) is 0 Å². The lowest BCUT2D eigenvalue weighted by molar-refractivity contribution is 0.313. The van der Waals surface area contributed by atoms with Gasteiger partial charge in [0.05, 0.1) is 5.69 Å². The standard InChI is InChI=1S/C22H27N5/c1-17(2)20-15-23-21(18-7-5-4-6-8-18)24-22(20)27-10-9-19(16-27)26-13-11-25(3)12-14-26/h4-10,15-17H,11-14H2,1-3H3. The number of likely N-dealkylation sites (N-methyl/N-ethyl adjacent to an activating group) is 1. The molecule has 0 bridgehead atoms. The van der Waals surface area contributed by atoms with E-state index in [0.717, 1.165) is 48.9 Å². The van der Waals surface area contributed by atoms with E-state index in [2.05, 4.69) is 70.8 Å². The van der Waals surface area contributed by atoms with Gasteiger partial charge in [0.25, 0.3) is 0 Å². The fourth-order valence-corrected chi connectivity index (χ4v) is 3.49. The van der Waals surface area contributed by atoms with Gasteiger partial charge in [-0.25, -0.2) is 9.97 Å². The Hall–Kier alpha value is -2.66. The van der Waals surface area contributed by atoms with Crippen LogP contribution in [-0.4, -0.2) is 52.7 Å². The number of hydrogen-bond donors (Lipinski definition) is 0. The van der Waals surface area contributed by atoms with Crippen molar-refractivity contribution in [3.8, 4) is 17.2 Å². The predicted octanol–water partition coefficient (Wildman–Crippen LogP) is 3.81. The van der Waals surface area contributed by atoms with Crippen molar-refractivity contribution in [3.63, 3.8) is 0 Å². The highest BCUT2D eigenvalue weighted by atomic mass is 15.3. The number of benzene rings is 1. The van der Waals surface area contributed by atoms with E-state index in [1.165, 1.54) is 5.69 Å². The first kappa shape index (κ1) is 17.7. The van der Waals surface area contributed by atoms with E-state index >= 15 is 0 Å². The first-order valence-corrected chi connectivity index (χ1v) is 9.66. The van der Waals surface area contributed by atoms with Gasteiger partial charge in [-0.3, -0.25) is 0 Å². The molecule has 0 aliphatic carbocycles. The maximum Gasteiger partial charge on any atom is 0.161 e. The summed E-state index contributed by atoms with van der Waals surface area (Å²) in [5.41, 5.74) is 3.47. The summed E-state index contributed by atoms with van der Waals surface area (Å²) in [6, 6.07) is 12.4. The quantitative estimate of drug-likeness (QED) is 0.708. The number of piperazine rings is 1. The first-order valence-electron chi connectivity index (χ1n) is 9.66. The Labute approximate surface area is 161 Å². The summed E-state index contributed by atoms with van der Waals surface area (Å²) in [5.74, 6) is 2.10. The molecule has 1 aliphatic heterocycles. The van der Waals surface area contributed by atoms with Crippen molar-refractivity contribution < 1.29 is 0 Å². The Balaban J connectivity index is 1.70. The van der Waals surface area contributed by atoms with E-state index in [4.69, 9.17) is 4.98 Å². The van der Waals surface area contributed by atoms with Crippen molar-refractivity contribution in [1.82, 2.24) is 19.4 Å². The molecule has 2 aromatic heterocycles. The maximum atomic E-state index is 4.93. The predicted molar refractivity (Wildman–Crippen MR) is 111 cm³/mol. The summed E-state index contributed by atoms with van der Waals surface area (Å²) in [7, 11) is 2.18. The van der Waals surface area contributed by atoms with Crippen LogP contribution in [0.15, 0.2) is 55.0 Å². The van der Waals surface area contributed by atoms with Crippen LogP contribution in [0.2, 0.25) is 0 Å². The molecule has 0 atom stereocenters. The van der Waals surface area contributed by atoms with Crippen LogP contribution in [0.3, 0.4) is 0 Å². The molecule has 0 spiro atoms. The highest BCUT2D eigenvalue weighted by molar-refractivity contribution is 5.57. The highest BCUT2D eigenvalue weighted by Crippen LogP contribution is 2.26. The zero-order valence-electron chi connectivity index (χ0n) is 16.3. The molecule has 0 amide bonds. The molecule has 5 heteroatoms. The van der Waals surface area contributed by atoms with Crippen molar-refractivity contribution in [2.45, 2.75) is 19.8 Å². The van der Waals surface area contributed by atoms with Crippen molar-refractivity contribution in [2.75, 3.05) is 38.1 Å². The normalized spacial score (nSPS) is 15.5. The Morgan fingerprint density at radius 3 is 2.41 bits per heavy atom. The minimum absolute atomic E-state index is 0.360. The topological polar surface area (TPSA) is 37.2 Å². The lowest BCUT2D eigenvalue weighted by atomic mass is 10.1. The van der Waals surface area contributed by atoms with Gasteiger partial charge < -0.3 is 14.4 Å². The van der Waals surface area contributed by atoms with Crippen LogP contribution in [0.1, 0.15) is 25.3 Å². The highest BCUT2D eigenvalue weighted by Gasteiger charge is 2.17. The third-order valence-electron chi connectivity index (χ3n) is 5.24. The van der Waals surface area contributed by atoms with E-state index in [-0.39, 0.29) is 0 Å². The summed E-state index contributed by atoms with van der Waals surface area (Å²) < 4.78 is 2.15. The van der Waals surface area contributed by atoms with Gasteiger partial charge in [-0.1, -0.05) is 44.2 Å². The van der Waals surface area contributed by atoms with E-state index in [1.807, 2.05) is 24.4 Å². The largest absolute Gasteiger partial charge is 0.368 e. The average Bonchev–Trinajstić information content (AvgIpc) is 3.19. The molecule has 5 nitrogen and oxygen atoms in total. The van der Waals surface area contributed by atoms with Gasteiger partial charge in [0.1, 0.15) is 5.82 Å². The van der Waals surface area contributed by atoms with E-state index < -0.39 is 0 Å². The van der Waals surface area contributed by atoms with Gasteiger partial charge in [-0.05, 0) is 19.0 Å². The molecule has 0 N–H and O–H groups in total. The van der Waals surface area contributed by atoms with Crippen LogP contribution in [0.25, 0.3) is 17.2 Å². The number of nitrogens with zero attached hydrogens (tertiary/aromatic N) is 5. The second-order valence-electron chi connectivity index (χ2n) is 7.56. The van der Waals surface area contributed by atoms with Crippen LogP contribution < -0.4 is 4.90 Å². The lowest BCUT2D eigenvalue weighted by Gasteiger charge is -2.33. The molecule has 27 heavy (non-hydrogen) atoms. The number of aromatic nitrogens is 3. The third-order valence-corrected chi connectivity index (χ3v) is 5.24. The van der Waals surface area contributed by atoms with Gasteiger partial charge in [0.15, 0.2) is 5.82 Å². The molecule has 1 aliphatic rings. The fraction of sp³-hybridized carbons (Fsp3) is 0.364. The minimum Gasteiger partial charge on any atom is -0.368 e. The SMILES string of the molecule is CC(C)c1cnc(-c2ccccc2)nc1-n1ccc(N2CCN(C)CC2)c1.